The van der Waals surface area contributed by atoms with Crippen LogP contribution in [-0.2, 0) is 13.6 Å². The van der Waals surface area contributed by atoms with E-state index in [4.69, 9.17) is 0 Å². The highest BCUT2D eigenvalue weighted by Crippen LogP contribution is 2.18. The first-order chi connectivity index (χ1) is 11.6. The van der Waals surface area contributed by atoms with Gasteiger partial charge in [0.1, 0.15) is 0 Å². The molecule has 0 saturated carbocycles. The zero-order chi connectivity index (χ0) is 16.9. The van der Waals surface area contributed by atoms with Crippen LogP contribution >= 0.6 is 0 Å². The van der Waals surface area contributed by atoms with Gasteiger partial charge in [0, 0.05) is 49.5 Å². The Morgan fingerprint density at radius 2 is 2.04 bits per heavy atom. The maximum atomic E-state index is 12.0. The van der Waals surface area contributed by atoms with E-state index in [2.05, 4.69) is 25.7 Å². The van der Waals surface area contributed by atoms with Crippen LogP contribution in [0.15, 0.2) is 49.3 Å². The van der Waals surface area contributed by atoms with E-state index >= 15 is 0 Å². The molecule has 0 fully saturated rings. The van der Waals surface area contributed by atoms with Gasteiger partial charge >= 0.3 is 6.03 Å². The molecule has 3 aromatic heterocycles. The van der Waals surface area contributed by atoms with Gasteiger partial charge in [-0.3, -0.25) is 14.6 Å². The minimum atomic E-state index is -0.280. The van der Waals surface area contributed by atoms with Crippen LogP contribution in [0, 0.1) is 6.92 Å². The van der Waals surface area contributed by atoms with Gasteiger partial charge in [-0.2, -0.15) is 5.10 Å². The summed E-state index contributed by atoms with van der Waals surface area (Å²) in [7, 11) is 1.87. The number of rotatable bonds is 4. The number of carbonyl (C=O) groups is 1. The number of aromatic nitrogens is 4. The van der Waals surface area contributed by atoms with Crippen LogP contribution in [0.5, 0.6) is 0 Å². The first-order valence-electron chi connectivity index (χ1n) is 7.50. The van der Waals surface area contributed by atoms with E-state index in [9.17, 15) is 4.79 Å². The first kappa shape index (κ1) is 15.7. The van der Waals surface area contributed by atoms with Gasteiger partial charge in [0.2, 0.25) is 0 Å². The van der Waals surface area contributed by atoms with Crippen molar-refractivity contribution in [1.29, 1.82) is 0 Å². The predicted molar refractivity (Wildman–Crippen MR) is 91.3 cm³/mol. The third-order valence-corrected chi connectivity index (χ3v) is 3.57. The fourth-order valence-electron chi connectivity index (χ4n) is 2.26. The summed E-state index contributed by atoms with van der Waals surface area (Å²) in [5.41, 5.74) is 4.51. The van der Waals surface area contributed by atoms with Crippen molar-refractivity contribution >= 4 is 11.7 Å². The molecular formula is C17H18N6O. The molecule has 0 aliphatic heterocycles. The molecule has 7 nitrogen and oxygen atoms in total. The summed E-state index contributed by atoms with van der Waals surface area (Å²) in [6.07, 6.45) is 10.5. The summed E-state index contributed by atoms with van der Waals surface area (Å²) in [6.45, 7) is 2.30. The monoisotopic (exact) mass is 322 g/mol. The summed E-state index contributed by atoms with van der Waals surface area (Å²) in [5.74, 6) is 0. The highest BCUT2D eigenvalue weighted by atomic mass is 16.2. The Bertz CT molecular complexity index is 858. The molecule has 122 valence electrons. The number of pyridine rings is 2. The molecule has 0 bridgehead atoms. The number of amides is 2. The molecule has 7 heteroatoms. The number of hydrogen-bond donors (Lipinski definition) is 2. The van der Waals surface area contributed by atoms with E-state index in [1.807, 2.05) is 32.3 Å². The van der Waals surface area contributed by atoms with Crippen LogP contribution in [-0.4, -0.2) is 25.8 Å². The predicted octanol–water partition coefficient (Wildman–Crippen LogP) is 2.51. The first-order valence-corrected chi connectivity index (χ1v) is 7.50. The molecule has 0 aliphatic carbocycles. The Hall–Kier alpha value is -3.22. The van der Waals surface area contributed by atoms with Gasteiger partial charge in [0.25, 0.3) is 0 Å². The average Bonchev–Trinajstić information content (AvgIpc) is 3.02. The van der Waals surface area contributed by atoms with Crippen molar-refractivity contribution in [2.45, 2.75) is 13.5 Å². The summed E-state index contributed by atoms with van der Waals surface area (Å²) < 4.78 is 1.74. The molecule has 0 atom stereocenters. The Kier molecular flexibility index (Phi) is 4.51. The SMILES string of the molecule is Cc1ccncc1NC(=O)NCc1cncc(-c2cnn(C)c2)c1. The van der Waals surface area contributed by atoms with E-state index in [0.717, 1.165) is 22.3 Å². The molecule has 3 aromatic rings. The maximum absolute atomic E-state index is 12.0. The van der Waals surface area contributed by atoms with Crippen molar-refractivity contribution in [2.75, 3.05) is 5.32 Å². The molecule has 2 N–H and O–H groups in total. The van der Waals surface area contributed by atoms with Crippen molar-refractivity contribution in [1.82, 2.24) is 25.1 Å². The van der Waals surface area contributed by atoms with Crippen molar-refractivity contribution in [2.24, 2.45) is 7.05 Å². The second kappa shape index (κ2) is 6.91. The van der Waals surface area contributed by atoms with Gasteiger partial charge in [-0.25, -0.2) is 4.79 Å². The minimum Gasteiger partial charge on any atom is -0.334 e. The van der Waals surface area contributed by atoms with E-state index in [0.29, 0.717) is 12.2 Å². The van der Waals surface area contributed by atoms with Crippen molar-refractivity contribution < 1.29 is 4.79 Å². The van der Waals surface area contributed by atoms with Gasteiger partial charge in [-0.15, -0.1) is 0 Å². The van der Waals surface area contributed by atoms with Gasteiger partial charge in [-0.1, -0.05) is 0 Å². The Morgan fingerprint density at radius 1 is 1.17 bits per heavy atom. The summed E-state index contributed by atoms with van der Waals surface area (Å²) >= 11 is 0. The van der Waals surface area contributed by atoms with E-state index in [1.165, 1.54) is 0 Å². The number of aryl methyl sites for hydroxylation is 2. The highest BCUT2D eigenvalue weighted by Gasteiger charge is 2.06. The lowest BCUT2D eigenvalue weighted by molar-refractivity contribution is 0.251. The average molecular weight is 322 g/mol. The fraction of sp³-hybridized carbons (Fsp3) is 0.176. The van der Waals surface area contributed by atoms with E-state index in [1.54, 1.807) is 35.7 Å². The fourth-order valence-corrected chi connectivity index (χ4v) is 2.26. The minimum absolute atomic E-state index is 0.280. The molecule has 0 aromatic carbocycles. The van der Waals surface area contributed by atoms with Crippen LogP contribution in [0.4, 0.5) is 10.5 Å². The van der Waals surface area contributed by atoms with Crippen LogP contribution in [0.25, 0.3) is 11.1 Å². The smallest absolute Gasteiger partial charge is 0.319 e. The summed E-state index contributed by atoms with van der Waals surface area (Å²) in [4.78, 5) is 20.2. The molecule has 0 saturated heterocycles. The zero-order valence-corrected chi connectivity index (χ0v) is 13.5. The molecular weight excluding hydrogens is 304 g/mol. The Balaban J connectivity index is 1.62. The second-order valence-corrected chi connectivity index (χ2v) is 5.48. The molecule has 3 heterocycles. The van der Waals surface area contributed by atoms with Crippen LogP contribution < -0.4 is 10.6 Å². The number of urea groups is 1. The maximum Gasteiger partial charge on any atom is 0.319 e. The Labute approximate surface area is 139 Å². The molecule has 0 aliphatic rings. The van der Waals surface area contributed by atoms with E-state index < -0.39 is 0 Å². The summed E-state index contributed by atoms with van der Waals surface area (Å²) in [6, 6.07) is 3.55. The third kappa shape index (κ3) is 3.75. The lowest BCUT2D eigenvalue weighted by Gasteiger charge is -2.09. The quantitative estimate of drug-likeness (QED) is 0.773. The largest absolute Gasteiger partial charge is 0.334 e. The third-order valence-electron chi connectivity index (χ3n) is 3.57. The van der Waals surface area contributed by atoms with Crippen molar-refractivity contribution in [3.8, 4) is 11.1 Å². The van der Waals surface area contributed by atoms with Gasteiger partial charge in [-0.05, 0) is 30.2 Å². The van der Waals surface area contributed by atoms with Crippen LogP contribution in [0.2, 0.25) is 0 Å². The normalized spacial score (nSPS) is 10.4. The number of hydrogen-bond acceptors (Lipinski definition) is 4. The number of nitrogens with one attached hydrogen (secondary N) is 2. The lowest BCUT2D eigenvalue weighted by Crippen LogP contribution is -2.28. The lowest BCUT2D eigenvalue weighted by atomic mass is 10.1. The topological polar surface area (TPSA) is 84.7 Å². The standard InChI is InChI=1S/C17H18N6O/c1-12-3-4-18-10-16(12)22-17(24)20-7-13-5-14(8-19-6-13)15-9-21-23(2)11-15/h3-6,8-11H,7H2,1-2H3,(H2,20,22,24). The van der Waals surface area contributed by atoms with Crippen LogP contribution in [0.1, 0.15) is 11.1 Å². The zero-order valence-electron chi connectivity index (χ0n) is 13.5. The van der Waals surface area contributed by atoms with Gasteiger partial charge in [0.05, 0.1) is 18.1 Å². The highest BCUT2D eigenvalue weighted by molar-refractivity contribution is 5.89. The number of anilines is 1. The molecule has 0 radical (unpaired) electrons. The van der Waals surface area contributed by atoms with E-state index in [-0.39, 0.29) is 6.03 Å². The molecule has 0 unspecified atom stereocenters. The molecule has 2 amide bonds. The number of nitrogens with zero attached hydrogens (tertiary/aromatic N) is 4. The number of carbonyl (C=O) groups excluding carboxylic acids is 1. The Morgan fingerprint density at radius 3 is 2.79 bits per heavy atom. The molecule has 0 spiro atoms. The van der Waals surface area contributed by atoms with Gasteiger partial charge < -0.3 is 10.6 Å². The second-order valence-electron chi connectivity index (χ2n) is 5.48. The van der Waals surface area contributed by atoms with Gasteiger partial charge in [0.15, 0.2) is 0 Å². The van der Waals surface area contributed by atoms with Crippen molar-refractivity contribution in [3.63, 3.8) is 0 Å². The summed E-state index contributed by atoms with van der Waals surface area (Å²) in [5, 5.41) is 9.76. The van der Waals surface area contributed by atoms with Crippen LogP contribution in [0.3, 0.4) is 0 Å². The molecule has 24 heavy (non-hydrogen) atoms. The molecule has 3 rings (SSSR count). The van der Waals surface area contributed by atoms with Crippen molar-refractivity contribution in [3.05, 3.63) is 60.4 Å².